The molecule has 0 atom stereocenters. The topological polar surface area (TPSA) is 71.3 Å². The minimum atomic E-state index is 0.0664. The zero-order chi connectivity index (χ0) is 15.4. The maximum absolute atomic E-state index is 11.2. The molecule has 0 aliphatic rings. The highest BCUT2D eigenvalue weighted by molar-refractivity contribution is 5.75. The molecule has 0 aliphatic carbocycles. The lowest BCUT2D eigenvalue weighted by atomic mass is 10.2. The van der Waals surface area contributed by atoms with Crippen LogP contribution in [-0.2, 0) is 11.2 Å². The second-order valence-electron chi connectivity index (χ2n) is 5.14. The highest BCUT2D eigenvalue weighted by Gasteiger charge is 2.11. The second kappa shape index (κ2) is 6.56. The lowest BCUT2D eigenvalue weighted by Crippen LogP contribution is -2.18. The van der Waals surface area contributed by atoms with Crippen LogP contribution in [-0.4, -0.2) is 34.1 Å². The molecule has 0 saturated carbocycles. The maximum atomic E-state index is 11.2. The monoisotopic (exact) mass is 289 g/mol. The van der Waals surface area contributed by atoms with Gasteiger partial charge >= 0.3 is 0 Å². The Bertz CT molecular complexity index is 647. The molecule has 0 radical (unpaired) electrons. The lowest BCUT2D eigenvalue weighted by molar-refractivity contribution is -0.120. The van der Waals surface area contributed by atoms with Crippen LogP contribution in [0, 0.1) is 13.8 Å². The van der Waals surface area contributed by atoms with Crippen LogP contribution in [0.5, 0.6) is 0 Å². The van der Waals surface area contributed by atoms with Crippen LogP contribution in [0.4, 0.5) is 5.82 Å². The number of nitrogens with zero attached hydrogens (tertiary/aromatic N) is 3. The molecule has 2 heterocycles. The van der Waals surface area contributed by atoms with Crippen molar-refractivity contribution < 1.29 is 4.79 Å². The van der Waals surface area contributed by atoms with Crippen molar-refractivity contribution in [1.82, 2.24) is 19.9 Å². The zero-order valence-electron chi connectivity index (χ0n) is 13.2. The highest BCUT2D eigenvalue weighted by atomic mass is 16.1. The van der Waals surface area contributed by atoms with Gasteiger partial charge < -0.3 is 10.6 Å². The summed E-state index contributed by atoms with van der Waals surface area (Å²) in [6.07, 6.45) is 2.19. The molecule has 2 N–H and O–H groups in total. The Balaban J connectivity index is 2.18. The van der Waals surface area contributed by atoms with Gasteiger partial charge in [0.1, 0.15) is 5.82 Å². The first-order valence-electron chi connectivity index (χ1n) is 7.37. The fourth-order valence-corrected chi connectivity index (χ4v) is 2.18. The van der Waals surface area contributed by atoms with Crippen molar-refractivity contribution in [3.05, 3.63) is 23.0 Å². The van der Waals surface area contributed by atoms with Crippen LogP contribution in [0.1, 0.15) is 36.7 Å². The molecule has 2 aromatic heterocycles. The number of carbonyl (C=O) groups is 1. The average Bonchev–Trinajstić information content (AvgIpc) is 2.78. The van der Waals surface area contributed by atoms with E-state index in [1.807, 2.05) is 24.4 Å². The summed E-state index contributed by atoms with van der Waals surface area (Å²) >= 11 is 0. The number of anilines is 1. The third-order valence-electron chi connectivity index (χ3n) is 3.64. The van der Waals surface area contributed by atoms with E-state index in [0.717, 1.165) is 47.8 Å². The summed E-state index contributed by atoms with van der Waals surface area (Å²) in [5.41, 5.74) is 4.04. The number of hydrogen-bond donors (Lipinski definition) is 2. The average molecular weight is 289 g/mol. The minimum Gasteiger partial charge on any atom is -0.370 e. The van der Waals surface area contributed by atoms with Gasteiger partial charge in [0.05, 0.1) is 5.69 Å². The van der Waals surface area contributed by atoms with Gasteiger partial charge in [-0.2, -0.15) is 9.61 Å². The van der Waals surface area contributed by atoms with E-state index >= 15 is 0 Å². The van der Waals surface area contributed by atoms with E-state index in [2.05, 4.69) is 27.6 Å². The lowest BCUT2D eigenvalue weighted by Gasteiger charge is -2.10. The Morgan fingerprint density at radius 2 is 2.14 bits per heavy atom. The van der Waals surface area contributed by atoms with Crippen molar-refractivity contribution in [3.8, 4) is 0 Å². The number of aryl methyl sites for hydroxylation is 3. The molecule has 6 nitrogen and oxygen atoms in total. The van der Waals surface area contributed by atoms with Gasteiger partial charge in [0.15, 0.2) is 5.65 Å². The molecule has 0 aliphatic heterocycles. The van der Waals surface area contributed by atoms with Crippen molar-refractivity contribution in [3.63, 3.8) is 0 Å². The summed E-state index contributed by atoms with van der Waals surface area (Å²) in [6, 6.07) is 2.03. The summed E-state index contributed by atoms with van der Waals surface area (Å²) in [7, 11) is 1.66. The van der Waals surface area contributed by atoms with E-state index in [4.69, 9.17) is 0 Å². The largest absolute Gasteiger partial charge is 0.370 e. The number of rotatable bonds is 6. The van der Waals surface area contributed by atoms with Gasteiger partial charge in [-0.25, -0.2) is 4.98 Å². The molecule has 0 aromatic carbocycles. The molecule has 0 unspecified atom stereocenters. The smallest absolute Gasteiger partial charge is 0.219 e. The van der Waals surface area contributed by atoms with Crippen LogP contribution < -0.4 is 10.6 Å². The normalized spacial score (nSPS) is 10.9. The van der Waals surface area contributed by atoms with Crippen LogP contribution in [0.2, 0.25) is 0 Å². The van der Waals surface area contributed by atoms with Gasteiger partial charge in [0, 0.05) is 37.3 Å². The number of carbonyl (C=O) groups excluding carboxylic acids is 1. The van der Waals surface area contributed by atoms with E-state index in [1.54, 1.807) is 7.05 Å². The first-order chi connectivity index (χ1) is 10.1. The summed E-state index contributed by atoms with van der Waals surface area (Å²) < 4.78 is 1.85. The van der Waals surface area contributed by atoms with E-state index in [1.165, 1.54) is 0 Å². The van der Waals surface area contributed by atoms with Gasteiger partial charge in [-0.05, 0) is 26.7 Å². The molecule has 1 amide bonds. The summed E-state index contributed by atoms with van der Waals surface area (Å²) in [5.74, 6) is 1.00. The quantitative estimate of drug-likeness (QED) is 0.796. The second-order valence-corrected chi connectivity index (χ2v) is 5.14. The van der Waals surface area contributed by atoms with Crippen molar-refractivity contribution in [2.24, 2.45) is 0 Å². The number of nitrogens with one attached hydrogen (secondary N) is 2. The number of fused-ring (bicyclic) bond motifs is 1. The van der Waals surface area contributed by atoms with Crippen molar-refractivity contribution >= 4 is 17.4 Å². The maximum Gasteiger partial charge on any atom is 0.219 e. The fraction of sp³-hybridized carbons (Fsp3) is 0.533. The Labute approximate surface area is 125 Å². The van der Waals surface area contributed by atoms with Crippen molar-refractivity contribution in [2.45, 2.75) is 40.0 Å². The molecule has 21 heavy (non-hydrogen) atoms. The van der Waals surface area contributed by atoms with E-state index in [0.29, 0.717) is 6.42 Å². The molecule has 6 heteroatoms. The molecule has 114 valence electrons. The van der Waals surface area contributed by atoms with Crippen LogP contribution in [0.25, 0.3) is 5.65 Å². The molecule has 0 spiro atoms. The van der Waals surface area contributed by atoms with E-state index in [-0.39, 0.29) is 5.91 Å². The number of hydrogen-bond acceptors (Lipinski definition) is 4. The fourth-order valence-electron chi connectivity index (χ4n) is 2.18. The molecule has 0 saturated heterocycles. The number of aromatic nitrogens is 3. The zero-order valence-corrected chi connectivity index (χ0v) is 13.2. The molecular formula is C15H23N5O. The van der Waals surface area contributed by atoms with E-state index in [9.17, 15) is 4.79 Å². The summed E-state index contributed by atoms with van der Waals surface area (Å²) in [5, 5.41) is 10.5. The number of amides is 1. The molecular weight excluding hydrogens is 266 g/mol. The predicted octanol–water partition coefficient (Wildman–Crippen LogP) is 1.85. The Morgan fingerprint density at radius 1 is 1.38 bits per heavy atom. The van der Waals surface area contributed by atoms with Crippen molar-refractivity contribution in [2.75, 3.05) is 18.9 Å². The molecule has 2 aromatic rings. The van der Waals surface area contributed by atoms with Crippen LogP contribution in [0.3, 0.4) is 0 Å². The highest BCUT2D eigenvalue weighted by Crippen LogP contribution is 2.18. The molecule has 0 fully saturated rings. The minimum absolute atomic E-state index is 0.0664. The first kappa shape index (κ1) is 15.3. The summed E-state index contributed by atoms with van der Waals surface area (Å²) in [6.45, 7) is 6.85. The SMILES string of the molecule is CCc1cc(NCCCC(=O)NC)n2nc(C)c(C)c2n1. The standard InChI is InChI=1S/C15H23N5O/c1-5-12-9-13(17-8-6-7-14(21)16-4)20-15(18-12)10(2)11(3)19-20/h9,17H,5-8H2,1-4H3,(H,16,21). The van der Waals surface area contributed by atoms with Crippen LogP contribution >= 0.6 is 0 Å². The van der Waals surface area contributed by atoms with Gasteiger partial charge in [-0.1, -0.05) is 6.92 Å². The third kappa shape index (κ3) is 3.32. The summed E-state index contributed by atoms with van der Waals surface area (Å²) in [4.78, 5) is 15.9. The first-order valence-corrected chi connectivity index (χ1v) is 7.37. The Hall–Kier alpha value is -2.11. The van der Waals surface area contributed by atoms with Gasteiger partial charge in [0.25, 0.3) is 0 Å². The van der Waals surface area contributed by atoms with Gasteiger partial charge in [-0.15, -0.1) is 0 Å². The van der Waals surface area contributed by atoms with Crippen LogP contribution in [0.15, 0.2) is 6.07 Å². The van der Waals surface area contributed by atoms with Gasteiger partial charge in [0.2, 0.25) is 5.91 Å². The van der Waals surface area contributed by atoms with E-state index < -0.39 is 0 Å². The molecule has 2 rings (SSSR count). The Kier molecular flexibility index (Phi) is 4.77. The van der Waals surface area contributed by atoms with Crippen molar-refractivity contribution in [1.29, 1.82) is 0 Å². The Morgan fingerprint density at radius 3 is 2.81 bits per heavy atom. The predicted molar refractivity (Wildman–Crippen MR) is 83.6 cm³/mol. The van der Waals surface area contributed by atoms with Gasteiger partial charge in [-0.3, -0.25) is 4.79 Å². The molecule has 0 bridgehead atoms. The third-order valence-corrected chi connectivity index (χ3v) is 3.64.